The van der Waals surface area contributed by atoms with Gasteiger partial charge in [0.1, 0.15) is 0 Å². The Kier molecular flexibility index (Phi) is 5.16. The number of halogens is 2. The van der Waals surface area contributed by atoms with Crippen LogP contribution in [0.5, 0.6) is 0 Å². The molecule has 0 aromatic heterocycles. The molecular formula is C16H18Cl2N2. The lowest BCUT2D eigenvalue weighted by Gasteiger charge is -2.12. The second kappa shape index (κ2) is 6.87. The largest absolute Gasteiger partial charge is 0.383 e. The summed E-state index contributed by atoms with van der Waals surface area (Å²) in [7, 11) is 0. The lowest BCUT2D eigenvalue weighted by molar-refractivity contribution is 1.07. The highest BCUT2D eigenvalue weighted by Crippen LogP contribution is 2.29. The predicted molar refractivity (Wildman–Crippen MR) is 89.4 cm³/mol. The molecule has 0 aliphatic heterocycles. The first-order valence-corrected chi connectivity index (χ1v) is 7.32. The molecule has 0 aliphatic carbocycles. The van der Waals surface area contributed by atoms with Gasteiger partial charge in [0.2, 0.25) is 0 Å². The second-order valence-electron chi connectivity index (χ2n) is 4.77. The number of rotatable bonds is 5. The SMILES string of the molecule is Cc1ccc(NCCNc2cccc(Cl)c2Cl)c(C)c1. The third kappa shape index (κ3) is 3.81. The predicted octanol–water partition coefficient (Wildman–Crippen LogP) is 5.13. The van der Waals surface area contributed by atoms with E-state index in [9.17, 15) is 0 Å². The molecule has 0 aliphatic rings. The molecule has 0 fully saturated rings. The van der Waals surface area contributed by atoms with Crippen molar-refractivity contribution < 1.29 is 0 Å². The summed E-state index contributed by atoms with van der Waals surface area (Å²) >= 11 is 12.1. The highest BCUT2D eigenvalue weighted by atomic mass is 35.5. The van der Waals surface area contributed by atoms with Gasteiger partial charge in [0, 0.05) is 18.8 Å². The van der Waals surface area contributed by atoms with Crippen molar-refractivity contribution in [1.29, 1.82) is 0 Å². The van der Waals surface area contributed by atoms with Gasteiger partial charge in [0.25, 0.3) is 0 Å². The normalized spacial score (nSPS) is 10.4. The molecule has 2 rings (SSSR count). The van der Waals surface area contributed by atoms with E-state index in [-0.39, 0.29) is 0 Å². The van der Waals surface area contributed by atoms with Crippen molar-refractivity contribution in [2.24, 2.45) is 0 Å². The van der Waals surface area contributed by atoms with Gasteiger partial charge < -0.3 is 10.6 Å². The van der Waals surface area contributed by atoms with Crippen LogP contribution in [0.1, 0.15) is 11.1 Å². The van der Waals surface area contributed by atoms with E-state index < -0.39 is 0 Å². The average molecular weight is 309 g/mol. The number of aryl methyl sites for hydroxylation is 2. The molecule has 2 N–H and O–H groups in total. The van der Waals surface area contributed by atoms with Gasteiger partial charge >= 0.3 is 0 Å². The van der Waals surface area contributed by atoms with E-state index in [1.807, 2.05) is 12.1 Å². The molecule has 0 radical (unpaired) electrons. The van der Waals surface area contributed by atoms with Crippen molar-refractivity contribution in [2.75, 3.05) is 23.7 Å². The molecular weight excluding hydrogens is 291 g/mol. The van der Waals surface area contributed by atoms with Crippen LogP contribution >= 0.6 is 23.2 Å². The molecule has 2 aromatic carbocycles. The van der Waals surface area contributed by atoms with E-state index >= 15 is 0 Å². The molecule has 0 amide bonds. The van der Waals surface area contributed by atoms with Crippen molar-refractivity contribution in [1.82, 2.24) is 0 Å². The fourth-order valence-electron chi connectivity index (χ4n) is 2.05. The molecule has 0 spiro atoms. The Morgan fingerprint density at radius 3 is 2.30 bits per heavy atom. The van der Waals surface area contributed by atoms with Crippen LogP contribution in [0.2, 0.25) is 10.0 Å². The van der Waals surface area contributed by atoms with Gasteiger partial charge in [-0.1, -0.05) is 47.0 Å². The van der Waals surface area contributed by atoms with Gasteiger partial charge in [0.05, 0.1) is 15.7 Å². The summed E-state index contributed by atoms with van der Waals surface area (Å²) in [4.78, 5) is 0. The highest BCUT2D eigenvalue weighted by molar-refractivity contribution is 6.43. The number of nitrogens with one attached hydrogen (secondary N) is 2. The Hall–Kier alpha value is -1.38. The van der Waals surface area contributed by atoms with Gasteiger partial charge in [0.15, 0.2) is 0 Å². The third-order valence-electron chi connectivity index (χ3n) is 3.09. The molecule has 2 aromatic rings. The van der Waals surface area contributed by atoms with Gasteiger partial charge in [-0.15, -0.1) is 0 Å². The fraction of sp³-hybridized carbons (Fsp3) is 0.250. The van der Waals surface area contributed by atoms with Crippen molar-refractivity contribution in [3.05, 3.63) is 57.6 Å². The minimum absolute atomic E-state index is 0.569. The smallest absolute Gasteiger partial charge is 0.0823 e. The summed E-state index contributed by atoms with van der Waals surface area (Å²) in [5.74, 6) is 0. The lowest BCUT2D eigenvalue weighted by Crippen LogP contribution is -2.14. The lowest BCUT2D eigenvalue weighted by atomic mass is 10.1. The molecule has 0 saturated carbocycles. The Balaban J connectivity index is 1.86. The second-order valence-corrected chi connectivity index (χ2v) is 5.56. The van der Waals surface area contributed by atoms with Crippen LogP contribution in [0.25, 0.3) is 0 Å². The van der Waals surface area contributed by atoms with E-state index in [0.717, 1.165) is 24.5 Å². The van der Waals surface area contributed by atoms with Gasteiger partial charge in [-0.2, -0.15) is 0 Å². The molecule has 0 heterocycles. The quantitative estimate of drug-likeness (QED) is 0.748. The average Bonchev–Trinajstić information content (AvgIpc) is 2.41. The molecule has 0 atom stereocenters. The summed E-state index contributed by atoms with van der Waals surface area (Å²) in [6, 6.07) is 12.0. The minimum atomic E-state index is 0.569. The maximum Gasteiger partial charge on any atom is 0.0823 e. The maximum atomic E-state index is 6.12. The summed E-state index contributed by atoms with van der Waals surface area (Å²) in [6.07, 6.45) is 0. The third-order valence-corrected chi connectivity index (χ3v) is 3.91. The number of hydrogen-bond acceptors (Lipinski definition) is 2. The van der Waals surface area contributed by atoms with Crippen LogP contribution in [0.15, 0.2) is 36.4 Å². The van der Waals surface area contributed by atoms with Crippen LogP contribution in [0.4, 0.5) is 11.4 Å². The van der Waals surface area contributed by atoms with E-state index in [1.165, 1.54) is 11.1 Å². The van der Waals surface area contributed by atoms with Crippen molar-refractivity contribution >= 4 is 34.6 Å². The monoisotopic (exact) mass is 308 g/mol. The Morgan fingerprint density at radius 1 is 0.900 bits per heavy atom. The van der Waals surface area contributed by atoms with Crippen molar-refractivity contribution in [2.45, 2.75) is 13.8 Å². The zero-order valence-corrected chi connectivity index (χ0v) is 13.1. The fourth-order valence-corrected chi connectivity index (χ4v) is 2.41. The Morgan fingerprint density at radius 2 is 1.60 bits per heavy atom. The van der Waals surface area contributed by atoms with E-state index in [0.29, 0.717) is 10.0 Å². The van der Waals surface area contributed by atoms with Crippen LogP contribution in [-0.2, 0) is 0 Å². The van der Waals surface area contributed by atoms with E-state index in [1.54, 1.807) is 6.07 Å². The summed E-state index contributed by atoms with van der Waals surface area (Å²) in [6.45, 7) is 5.79. The molecule has 106 valence electrons. The van der Waals surface area contributed by atoms with Gasteiger partial charge in [-0.05, 0) is 37.6 Å². The molecule has 0 saturated heterocycles. The summed E-state index contributed by atoms with van der Waals surface area (Å²) < 4.78 is 0. The first-order chi connectivity index (χ1) is 9.58. The first kappa shape index (κ1) is 15.0. The molecule has 0 bridgehead atoms. The topological polar surface area (TPSA) is 24.1 Å². The standard InChI is InChI=1S/C16H18Cl2N2/c1-11-6-7-14(12(2)10-11)19-8-9-20-15-5-3-4-13(17)16(15)18/h3-7,10,19-20H,8-9H2,1-2H3. The van der Waals surface area contributed by atoms with E-state index in [4.69, 9.17) is 23.2 Å². The molecule has 4 heteroatoms. The van der Waals surface area contributed by atoms with Crippen LogP contribution < -0.4 is 10.6 Å². The highest BCUT2D eigenvalue weighted by Gasteiger charge is 2.03. The number of hydrogen-bond donors (Lipinski definition) is 2. The number of anilines is 2. The Labute approximate surface area is 130 Å². The van der Waals surface area contributed by atoms with Crippen LogP contribution in [0.3, 0.4) is 0 Å². The molecule has 2 nitrogen and oxygen atoms in total. The van der Waals surface area contributed by atoms with Crippen molar-refractivity contribution in [3.8, 4) is 0 Å². The minimum Gasteiger partial charge on any atom is -0.383 e. The van der Waals surface area contributed by atoms with Crippen LogP contribution in [-0.4, -0.2) is 13.1 Å². The Bertz CT molecular complexity index is 597. The maximum absolute atomic E-state index is 6.12. The number of benzene rings is 2. The van der Waals surface area contributed by atoms with Crippen molar-refractivity contribution in [3.63, 3.8) is 0 Å². The zero-order chi connectivity index (χ0) is 14.5. The molecule has 20 heavy (non-hydrogen) atoms. The van der Waals surface area contributed by atoms with Gasteiger partial charge in [-0.25, -0.2) is 0 Å². The molecule has 0 unspecified atom stereocenters. The van der Waals surface area contributed by atoms with Crippen LogP contribution in [0, 0.1) is 13.8 Å². The van der Waals surface area contributed by atoms with Gasteiger partial charge in [-0.3, -0.25) is 0 Å². The zero-order valence-electron chi connectivity index (χ0n) is 11.6. The summed E-state index contributed by atoms with van der Waals surface area (Å²) in [5, 5.41) is 7.82. The summed E-state index contributed by atoms with van der Waals surface area (Å²) in [5.41, 5.74) is 4.55. The van der Waals surface area contributed by atoms with E-state index in [2.05, 4.69) is 42.7 Å². The first-order valence-electron chi connectivity index (χ1n) is 6.57.